The summed E-state index contributed by atoms with van der Waals surface area (Å²) in [7, 11) is 0. The van der Waals surface area contributed by atoms with Crippen molar-refractivity contribution in [3.63, 3.8) is 0 Å². The van der Waals surface area contributed by atoms with E-state index in [1.165, 1.54) is 0 Å². The minimum atomic E-state index is 0.711. The highest BCUT2D eigenvalue weighted by molar-refractivity contribution is 5.89. The molecule has 0 radical (unpaired) electrons. The van der Waals surface area contributed by atoms with Crippen LogP contribution in [0.25, 0.3) is 33.8 Å². The molecule has 0 spiro atoms. The molecule has 4 rings (SSSR count). The SMILES string of the molecule is c1ccc(-c2nc(-c3ccccn3)c3[nH]ccc3n2)cc1. The topological polar surface area (TPSA) is 54.5 Å². The van der Waals surface area contributed by atoms with Crippen molar-refractivity contribution in [1.82, 2.24) is 19.9 Å². The average Bonchev–Trinajstić information content (AvgIpc) is 3.04. The van der Waals surface area contributed by atoms with Crippen LogP contribution >= 0.6 is 0 Å². The fourth-order valence-corrected chi connectivity index (χ4v) is 2.35. The van der Waals surface area contributed by atoms with E-state index >= 15 is 0 Å². The van der Waals surface area contributed by atoms with E-state index < -0.39 is 0 Å². The predicted molar refractivity (Wildman–Crippen MR) is 82.6 cm³/mol. The highest BCUT2D eigenvalue weighted by atomic mass is 14.9. The number of aromatic amines is 1. The van der Waals surface area contributed by atoms with E-state index in [-0.39, 0.29) is 0 Å². The molecule has 3 aromatic heterocycles. The molecule has 4 heteroatoms. The van der Waals surface area contributed by atoms with E-state index in [9.17, 15) is 0 Å². The molecule has 0 saturated carbocycles. The van der Waals surface area contributed by atoms with Gasteiger partial charge in [-0.3, -0.25) is 4.98 Å². The number of hydrogen-bond donors (Lipinski definition) is 1. The first-order valence-electron chi connectivity index (χ1n) is 6.74. The lowest BCUT2D eigenvalue weighted by molar-refractivity contribution is 1.20. The third-order valence-corrected chi connectivity index (χ3v) is 3.35. The molecule has 0 amide bonds. The molecular formula is C17H12N4. The Morgan fingerprint density at radius 1 is 0.810 bits per heavy atom. The Labute approximate surface area is 121 Å². The van der Waals surface area contributed by atoms with Crippen LogP contribution in [-0.2, 0) is 0 Å². The lowest BCUT2D eigenvalue weighted by atomic mass is 10.2. The number of benzene rings is 1. The minimum absolute atomic E-state index is 0.711. The van der Waals surface area contributed by atoms with Crippen LogP contribution in [0, 0.1) is 0 Å². The maximum atomic E-state index is 4.71. The maximum Gasteiger partial charge on any atom is 0.160 e. The summed E-state index contributed by atoms with van der Waals surface area (Å²) in [6, 6.07) is 17.7. The molecule has 0 saturated heterocycles. The molecule has 100 valence electrons. The van der Waals surface area contributed by atoms with Crippen LogP contribution in [0.5, 0.6) is 0 Å². The molecule has 0 aliphatic carbocycles. The summed E-state index contributed by atoms with van der Waals surface area (Å²) in [6.07, 6.45) is 3.65. The molecule has 0 aliphatic rings. The number of aromatic nitrogens is 4. The molecule has 21 heavy (non-hydrogen) atoms. The van der Waals surface area contributed by atoms with E-state index in [0.29, 0.717) is 5.82 Å². The quantitative estimate of drug-likeness (QED) is 0.605. The number of rotatable bonds is 2. The van der Waals surface area contributed by atoms with Crippen LogP contribution in [0.2, 0.25) is 0 Å². The fraction of sp³-hybridized carbons (Fsp3) is 0. The van der Waals surface area contributed by atoms with Crippen LogP contribution in [0.15, 0.2) is 67.0 Å². The van der Waals surface area contributed by atoms with Crippen molar-refractivity contribution in [2.45, 2.75) is 0 Å². The lowest BCUT2D eigenvalue weighted by Crippen LogP contribution is -1.95. The minimum Gasteiger partial charge on any atom is -0.358 e. The van der Waals surface area contributed by atoms with Gasteiger partial charge in [0.15, 0.2) is 5.82 Å². The summed E-state index contributed by atoms with van der Waals surface area (Å²) in [4.78, 5) is 16.9. The van der Waals surface area contributed by atoms with E-state index in [1.807, 2.05) is 60.8 Å². The smallest absolute Gasteiger partial charge is 0.160 e. The summed E-state index contributed by atoms with van der Waals surface area (Å²) in [6.45, 7) is 0. The first-order valence-corrected chi connectivity index (χ1v) is 6.74. The molecule has 1 N–H and O–H groups in total. The summed E-state index contributed by atoms with van der Waals surface area (Å²) >= 11 is 0. The van der Waals surface area contributed by atoms with E-state index in [0.717, 1.165) is 28.0 Å². The zero-order chi connectivity index (χ0) is 14.1. The number of nitrogens with zero attached hydrogens (tertiary/aromatic N) is 3. The second-order valence-electron chi connectivity index (χ2n) is 4.71. The van der Waals surface area contributed by atoms with Gasteiger partial charge >= 0.3 is 0 Å². The number of H-pyrrole nitrogens is 1. The van der Waals surface area contributed by atoms with Crippen molar-refractivity contribution < 1.29 is 0 Å². The first kappa shape index (κ1) is 11.8. The second-order valence-corrected chi connectivity index (χ2v) is 4.71. The Morgan fingerprint density at radius 2 is 1.67 bits per heavy atom. The molecule has 1 aromatic carbocycles. The third-order valence-electron chi connectivity index (χ3n) is 3.35. The van der Waals surface area contributed by atoms with Crippen molar-refractivity contribution in [2.24, 2.45) is 0 Å². The Morgan fingerprint density at radius 3 is 2.48 bits per heavy atom. The highest BCUT2D eigenvalue weighted by Gasteiger charge is 2.12. The average molecular weight is 272 g/mol. The summed E-state index contributed by atoms with van der Waals surface area (Å²) in [5.74, 6) is 0.711. The van der Waals surface area contributed by atoms with Gasteiger partial charge in [-0.15, -0.1) is 0 Å². The zero-order valence-electron chi connectivity index (χ0n) is 11.2. The van der Waals surface area contributed by atoms with Crippen LogP contribution < -0.4 is 0 Å². The van der Waals surface area contributed by atoms with E-state index in [1.54, 1.807) is 6.20 Å². The molecule has 4 nitrogen and oxygen atoms in total. The van der Waals surface area contributed by atoms with Crippen molar-refractivity contribution in [3.05, 3.63) is 67.0 Å². The fourth-order valence-electron chi connectivity index (χ4n) is 2.35. The van der Waals surface area contributed by atoms with Crippen LogP contribution in [0.4, 0.5) is 0 Å². The number of fused-ring (bicyclic) bond motifs is 1. The van der Waals surface area contributed by atoms with Crippen molar-refractivity contribution in [1.29, 1.82) is 0 Å². The first-order chi connectivity index (χ1) is 10.4. The standard InChI is InChI=1S/C17H12N4/c1-2-6-12(7-3-1)17-20-14-9-11-19-15(14)16(21-17)13-8-4-5-10-18-13/h1-11,19H. The lowest BCUT2D eigenvalue weighted by Gasteiger charge is -2.05. The van der Waals surface area contributed by atoms with Gasteiger partial charge in [-0.25, -0.2) is 9.97 Å². The second kappa shape index (κ2) is 4.83. The van der Waals surface area contributed by atoms with E-state index in [4.69, 9.17) is 4.98 Å². The molecule has 3 heterocycles. The van der Waals surface area contributed by atoms with Gasteiger partial charge in [0.05, 0.1) is 16.7 Å². The molecule has 4 aromatic rings. The van der Waals surface area contributed by atoms with Gasteiger partial charge in [-0.1, -0.05) is 36.4 Å². The van der Waals surface area contributed by atoms with Crippen LogP contribution in [-0.4, -0.2) is 19.9 Å². The van der Waals surface area contributed by atoms with Crippen LogP contribution in [0.3, 0.4) is 0 Å². The largest absolute Gasteiger partial charge is 0.358 e. The van der Waals surface area contributed by atoms with Gasteiger partial charge in [0.1, 0.15) is 5.69 Å². The predicted octanol–water partition coefficient (Wildman–Crippen LogP) is 3.69. The van der Waals surface area contributed by atoms with Gasteiger partial charge in [-0.05, 0) is 18.2 Å². The van der Waals surface area contributed by atoms with Gasteiger partial charge in [-0.2, -0.15) is 0 Å². The molecule has 0 bridgehead atoms. The zero-order valence-corrected chi connectivity index (χ0v) is 11.2. The highest BCUT2D eigenvalue weighted by Crippen LogP contribution is 2.26. The summed E-state index contributed by atoms with van der Waals surface area (Å²) in [5, 5.41) is 0. The van der Waals surface area contributed by atoms with Gasteiger partial charge in [0, 0.05) is 18.0 Å². The van der Waals surface area contributed by atoms with Crippen molar-refractivity contribution in [2.75, 3.05) is 0 Å². The Hall–Kier alpha value is -3.01. The van der Waals surface area contributed by atoms with Crippen molar-refractivity contribution in [3.8, 4) is 22.8 Å². The molecule has 0 atom stereocenters. The Bertz CT molecular complexity index is 882. The summed E-state index contributed by atoms with van der Waals surface area (Å²) < 4.78 is 0. The van der Waals surface area contributed by atoms with Crippen molar-refractivity contribution >= 4 is 11.0 Å². The molecular weight excluding hydrogens is 260 g/mol. The number of hydrogen-bond acceptors (Lipinski definition) is 3. The normalized spacial score (nSPS) is 10.9. The van der Waals surface area contributed by atoms with Gasteiger partial charge in [0.2, 0.25) is 0 Å². The number of nitrogens with one attached hydrogen (secondary N) is 1. The maximum absolute atomic E-state index is 4.71. The Kier molecular flexibility index (Phi) is 2.71. The van der Waals surface area contributed by atoms with Crippen LogP contribution in [0.1, 0.15) is 0 Å². The van der Waals surface area contributed by atoms with Gasteiger partial charge in [0.25, 0.3) is 0 Å². The van der Waals surface area contributed by atoms with E-state index in [2.05, 4.69) is 15.0 Å². The Balaban J connectivity index is 2.00. The third kappa shape index (κ3) is 2.07. The number of pyridine rings is 1. The molecule has 0 unspecified atom stereocenters. The molecule has 0 fully saturated rings. The monoisotopic (exact) mass is 272 g/mol. The molecule has 0 aliphatic heterocycles. The summed E-state index contributed by atoms with van der Waals surface area (Å²) in [5.41, 5.74) is 4.46. The van der Waals surface area contributed by atoms with Gasteiger partial charge < -0.3 is 4.98 Å².